The molecule has 29 heavy (non-hydrogen) atoms. The Hall–Kier alpha value is -2.89. The van der Waals surface area contributed by atoms with Gasteiger partial charge in [-0.1, -0.05) is 30.7 Å². The molecule has 1 atom stereocenters. The van der Waals surface area contributed by atoms with Gasteiger partial charge in [0.2, 0.25) is 5.91 Å². The van der Waals surface area contributed by atoms with Crippen LogP contribution < -0.4 is 21.7 Å². The number of anilines is 2. The number of aromatic nitrogens is 2. The fourth-order valence-corrected chi connectivity index (χ4v) is 3.63. The van der Waals surface area contributed by atoms with Crippen molar-refractivity contribution in [2.75, 3.05) is 23.7 Å². The molecule has 1 fully saturated rings. The zero-order valence-corrected chi connectivity index (χ0v) is 17.0. The van der Waals surface area contributed by atoms with Gasteiger partial charge in [-0.05, 0) is 37.0 Å². The SMILES string of the molecule is CCC(NC(=O)C1(N)CCN(c2ncnc(N)c2C#N)CC1)c1ccc(Cl)cc1. The van der Waals surface area contributed by atoms with E-state index in [1.807, 2.05) is 42.2 Å². The van der Waals surface area contributed by atoms with E-state index in [2.05, 4.69) is 15.3 Å². The number of rotatable bonds is 5. The van der Waals surface area contributed by atoms with Gasteiger partial charge in [0.25, 0.3) is 0 Å². The number of piperidine rings is 1. The molecule has 2 heterocycles. The molecule has 1 unspecified atom stereocenters. The topological polar surface area (TPSA) is 134 Å². The molecule has 3 rings (SSSR count). The van der Waals surface area contributed by atoms with Crippen molar-refractivity contribution in [3.05, 3.63) is 46.7 Å². The molecule has 9 heteroatoms. The highest BCUT2D eigenvalue weighted by atomic mass is 35.5. The van der Waals surface area contributed by atoms with Gasteiger partial charge in [0, 0.05) is 18.1 Å². The highest BCUT2D eigenvalue weighted by Crippen LogP contribution is 2.28. The van der Waals surface area contributed by atoms with Crippen molar-refractivity contribution in [2.24, 2.45) is 5.73 Å². The number of nitrogens with one attached hydrogen (secondary N) is 1. The lowest BCUT2D eigenvalue weighted by atomic mass is 9.87. The van der Waals surface area contributed by atoms with Crippen LogP contribution in [0.2, 0.25) is 5.02 Å². The third kappa shape index (κ3) is 4.42. The highest BCUT2D eigenvalue weighted by molar-refractivity contribution is 6.30. The van der Waals surface area contributed by atoms with Crippen molar-refractivity contribution < 1.29 is 4.79 Å². The van der Waals surface area contributed by atoms with Gasteiger partial charge in [0.1, 0.15) is 23.8 Å². The number of nitriles is 1. The fourth-order valence-electron chi connectivity index (χ4n) is 3.50. The smallest absolute Gasteiger partial charge is 0.240 e. The maximum Gasteiger partial charge on any atom is 0.240 e. The minimum atomic E-state index is -0.984. The van der Waals surface area contributed by atoms with Crippen LogP contribution in [0.1, 0.15) is 43.4 Å². The van der Waals surface area contributed by atoms with E-state index >= 15 is 0 Å². The van der Waals surface area contributed by atoms with E-state index < -0.39 is 5.54 Å². The van der Waals surface area contributed by atoms with Crippen LogP contribution in [0, 0.1) is 11.3 Å². The Labute approximate surface area is 174 Å². The zero-order chi connectivity index (χ0) is 21.0. The molecule has 1 aliphatic rings. The van der Waals surface area contributed by atoms with E-state index in [4.69, 9.17) is 23.1 Å². The first kappa shape index (κ1) is 20.8. The molecule has 5 N–H and O–H groups in total. The van der Waals surface area contributed by atoms with Crippen LogP contribution in [0.25, 0.3) is 0 Å². The van der Waals surface area contributed by atoms with E-state index in [0.29, 0.717) is 36.8 Å². The summed E-state index contributed by atoms with van der Waals surface area (Å²) < 4.78 is 0. The summed E-state index contributed by atoms with van der Waals surface area (Å²) in [5.41, 5.74) is 12.5. The first-order valence-electron chi connectivity index (χ1n) is 9.48. The lowest BCUT2D eigenvalue weighted by Crippen LogP contribution is -2.60. The number of amides is 1. The number of hydrogen-bond acceptors (Lipinski definition) is 7. The number of benzene rings is 1. The maximum atomic E-state index is 13.0. The summed E-state index contributed by atoms with van der Waals surface area (Å²) in [6.45, 7) is 2.99. The molecule has 0 radical (unpaired) electrons. The van der Waals surface area contributed by atoms with E-state index in [1.54, 1.807) is 0 Å². The third-order valence-corrected chi connectivity index (χ3v) is 5.61. The standard InChI is InChI=1S/C20H24ClN7O/c1-2-16(13-3-5-14(21)6-4-13)27-19(29)20(24)7-9-28(10-8-20)18-15(11-22)17(23)25-12-26-18/h3-6,12,16H,2,7-10,24H2,1H3,(H,27,29)(H2,23,25,26). The van der Waals surface area contributed by atoms with Crippen LogP contribution in [0.15, 0.2) is 30.6 Å². The molecule has 2 aromatic rings. The van der Waals surface area contributed by atoms with E-state index in [1.165, 1.54) is 6.33 Å². The number of halogens is 1. The van der Waals surface area contributed by atoms with Gasteiger partial charge in [-0.3, -0.25) is 4.79 Å². The number of nitrogen functional groups attached to an aromatic ring is 1. The van der Waals surface area contributed by atoms with Crippen LogP contribution >= 0.6 is 11.6 Å². The molecule has 1 aliphatic heterocycles. The summed E-state index contributed by atoms with van der Waals surface area (Å²) >= 11 is 5.96. The Morgan fingerprint density at radius 2 is 2.00 bits per heavy atom. The first-order chi connectivity index (χ1) is 13.9. The van der Waals surface area contributed by atoms with Crippen LogP contribution in [0.4, 0.5) is 11.6 Å². The van der Waals surface area contributed by atoms with Gasteiger partial charge < -0.3 is 21.7 Å². The van der Waals surface area contributed by atoms with Crippen LogP contribution in [-0.4, -0.2) is 34.5 Å². The monoisotopic (exact) mass is 413 g/mol. The Morgan fingerprint density at radius 1 is 1.34 bits per heavy atom. The summed E-state index contributed by atoms with van der Waals surface area (Å²) in [5, 5.41) is 13.1. The predicted octanol–water partition coefficient (Wildman–Crippen LogP) is 2.15. The average Bonchev–Trinajstić information content (AvgIpc) is 2.73. The Bertz CT molecular complexity index is 917. The van der Waals surface area contributed by atoms with Crippen molar-refractivity contribution in [2.45, 2.75) is 37.8 Å². The summed E-state index contributed by atoms with van der Waals surface area (Å²) in [4.78, 5) is 22.9. The second kappa shape index (κ2) is 8.64. The van der Waals surface area contributed by atoms with Crippen molar-refractivity contribution >= 4 is 29.1 Å². The number of carbonyl (C=O) groups is 1. The van der Waals surface area contributed by atoms with Gasteiger partial charge in [-0.2, -0.15) is 5.26 Å². The van der Waals surface area contributed by atoms with E-state index in [9.17, 15) is 10.1 Å². The molecular weight excluding hydrogens is 390 g/mol. The van der Waals surface area contributed by atoms with Crippen LogP contribution in [-0.2, 0) is 4.79 Å². The minimum Gasteiger partial charge on any atom is -0.382 e. The maximum absolute atomic E-state index is 13.0. The van der Waals surface area contributed by atoms with Crippen molar-refractivity contribution in [1.29, 1.82) is 5.26 Å². The quantitative estimate of drug-likeness (QED) is 0.683. The van der Waals surface area contributed by atoms with Gasteiger partial charge in [-0.15, -0.1) is 0 Å². The molecule has 0 spiro atoms. The largest absolute Gasteiger partial charge is 0.382 e. The molecule has 1 amide bonds. The van der Waals surface area contributed by atoms with Crippen molar-refractivity contribution in [3.8, 4) is 6.07 Å². The minimum absolute atomic E-state index is 0.134. The van der Waals surface area contributed by atoms with Crippen molar-refractivity contribution in [1.82, 2.24) is 15.3 Å². The summed E-state index contributed by atoms with van der Waals surface area (Å²) in [6.07, 6.45) is 2.94. The number of carbonyl (C=O) groups excluding carboxylic acids is 1. The van der Waals surface area contributed by atoms with Gasteiger partial charge in [0.15, 0.2) is 5.82 Å². The second-order valence-corrected chi connectivity index (χ2v) is 7.63. The highest BCUT2D eigenvalue weighted by Gasteiger charge is 2.39. The molecule has 8 nitrogen and oxygen atoms in total. The molecule has 0 bridgehead atoms. The fraction of sp³-hybridized carbons (Fsp3) is 0.400. The molecule has 1 aromatic heterocycles. The van der Waals surface area contributed by atoms with Gasteiger partial charge in [0.05, 0.1) is 11.6 Å². The molecule has 1 saturated heterocycles. The summed E-state index contributed by atoms with van der Waals surface area (Å²) in [5.74, 6) is 0.449. The summed E-state index contributed by atoms with van der Waals surface area (Å²) in [7, 11) is 0. The first-order valence-corrected chi connectivity index (χ1v) is 9.86. The van der Waals surface area contributed by atoms with E-state index in [0.717, 1.165) is 12.0 Å². The van der Waals surface area contributed by atoms with Crippen LogP contribution in [0.5, 0.6) is 0 Å². The predicted molar refractivity (Wildman–Crippen MR) is 112 cm³/mol. The van der Waals surface area contributed by atoms with Gasteiger partial charge >= 0.3 is 0 Å². The summed E-state index contributed by atoms with van der Waals surface area (Å²) in [6, 6.07) is 9.35. The number of hydrogen-bond donors (Lipinski definition) is 3. The molecule has 0 aliphatic carbocycles. The van der Waals surface area contributed by atoms with Crippen LogP contribution in [0.3, 0.4) is 0 Å². The van der Waals surface area contributed by atoms with Gasteiger partial charge in [-0.25, -0.2) is 9.97 Å². The Morgan fingerprint density at radius 3 is 2.59 bits per heavy atom. The molecule has 0 saturated carbocycles. The third-order valence-electron chi connectivity index (χ3n) is 5.36. The second-order valence-electron chi connectivity index (χ2n) is 7.20. The number of nitrogens with two attached hydrogens (primary N) is 2. The lowest BCUT2D eigenvalue weighted by molar-refractivity contribution is -0.127. The zero-order valence-electron chi connectivity index (χ0n) is 16.2. The lowest BCUT2D eigenvalue weighted by Gasteiger charge is -2.39. The number of nitrogens with zero attached hydrogens (tertiary/aromatic N) is 4. The molecule has 1 aromatic carbocycles. The Kier molecular flexibility index (Phi) is 6.20. The van der Waals surface area contributed by atoms with E-state index in [-0.39, 0.29) is 23.3 Å². The average molecular weight is 414 g/mol. The van der Waals surface area contributed by atoms with Crippen molar-refractivity contribution in [3.63, 3.8) is 0 Å². The normalized spacial score (nSPS) is 16.7. The molecular formula is C20H24ClN7O. The molecule has 152 valence electrons. The Balaban J connectivity index is 1.68.